The maximum Gasteiger partial charge on any atom is 0.287 e. The highest BCUT2D eigenvalue weighted by Gasteiger charge is 2.28. The Morgan fingerprint density at radius 2 is 2.18 bits per heavy atom. The fourth-order valence-corrected chi connectivity index (χ4v) is 1.26. The first-order chi connectivity index (χ1) is 7.87. The third-order valence-electron chi connectivity index (χ3n) is 2.36. The van der Waals surface area contributed by atoms with E-state index >= 15 is 0 Å². The summed E-state index contributed by atoms with van der Waals surface area (Å²) in [5.74, 6) is -3.95. The monoisotopic (exact) mass is 244 g/mol. The van der Waals surface area contributed by atoms with E-state index in [1.54, 1.807) is 19.1 Å². The summed E-state index contributed by atoms with van der Waals surface area (Å²) >= 11 is 0. The summed E-state index contributed by atoms with van der Waals surface area (Å²) in [6.45, 7) is -0.575. The summed E-state index contributed by atoms with van der Waals surface area (Å²) in [5, 5.41) is 10.4. The van der Waals surface area contributed by atoms with Gasteiger partial charge in [0.05, 0.1) is 6.54 Å². The van der Waals surface area contributed by atoms with E-state index < -0.39 is 25.0 Å². The van der Waals surface area contributed by atoms with Crippen LogP contribution in [0.2, 0.25) is 0 Å². The van der Waals surface area contributed by atoms with Crippen molar-refractivity contribution in [3.8, 4) is 0 Å². The number of hydrogen-bond donors (Lipinski definition) is 3. The molecule has 4 nitrogen and oxygen atoms in total. The Bertz CT molecular complexity index is 422. The first-order valence-electron chi connectivity index (χ1n) is 4.99. The van der Waals surface area contributed by atoms with Gasteiger partial charge >= 0.3 is 0 Å². The fraction of sp³-hybridized carbons (Fsp3) is 0.364. The van der Waals surface area contributed by atoms with Crippen molar-refractivity contribution in [1.82, 2.24) is 5.32 Å². The summed E-state index contributed by atoms with van der Waals surface area (Å²) in [7, 11) is 0. The van der Waals surface area contributed by atoms with Gasteiger partial charge in [-0.15, -0.1) is 0 Å². The molecule has 0 aliphatic carbocycles. The Labute approximate surface area is 97.4 Å². The van der Waals surface area contributed by atoms with Crippen LogP contribution in [0.15, 0.2) is 18.2 Å². The second-order valence-electron chi connectivity index (χ2n) is 3.72. The zero-order chi connectivity index (χ0) is 13.1. The predicted molar refractivity (Wildman–Crippen MR) is 60.0 cm³/mol. The second-order valence-corrected chi connectivity index (χ2v) is 3.72. The minimum absolute atomic E-state index is 0.249. The highest BCUT2D eigenvalue weighted by Crippen LogP contribution is 2.16. The lowest BCUT2D eigenvalue weighted by Crippen LogP contribution is -2.39. The molecule has 0 aliphatic heterocycles. The number of nitrogens with two attached hydrogens (primary N) is 1. The van der Waals surface area contributed by atoms with Gasteiger partial charge in [0.1, 0.15) is 6.61 Å². The van der Waals surface area contributed by atoms with E-state index in [-0.39, 0.29) is 5.56 Å². The van der Waals surface area contributed by atoms with Crippen molar-refractivity contribution in [1.29, 1.82) is 0 Å². The Balaban J connectivity index is 2.74. The number of carbonyl (C=O) groups excluding carboxylic acids is 1. The average Bonchev–Trinajstić information content (AvgIpc) is 2.30. The molecule has 0 atom stereocenters. The van der Waals surface area contributed by atoms with Gasteiger partial charge in [-0.1, -0.05) is 6.07 Å². The molecule has 94 valence electrons. The van der Waals surface area contributed by atoms with Gasteiger partial charge in [0, 0.05) is 11.3 Å². The van der Waals surface area contributed by atoms with E-state index in [4.69, 9.17) is 10.8 Å². The number of aliphatic hydroxyl groups is 1. The van der Waals surface area contributed by atoms with Gasteiger partial charge in [-0.2, -0.15) is 0 Å². The minimum Gasteiger partial charge on any atom is -0.398 e. The van der Waals surface area contributed by atoms with Crippen molar-refractivity contribution in [2.45, 2.75) is 12.8 Å². The predicted octanol–water partition coefficient (Wildman–Crippen LogP) is 0.935. The number of carbonyl (C=O) groups is 1. The third kappa shape index (κ3) is 3.39. The summed E-state index contributed by atoms with van der Waals surface area (Å²) < 4.78 is 25.4. The molecule has 0 heterocycles. The molecule has 1 rings (SSSR count). The van der Waals surface area contributed by atoms with Crippen LogP contribution in [0, 0.1) is 6.92 Å². The molecule has 0 fully saturated rings. The first kappa shape index (κ1) is 13.4. The first-order valence-corrected chi connectivity index (χ1v) is 4.99. The number of rotatable bonds is 4. The summed E-state index contributed by atoms with van der Waals surface area (Å²) in [6, 6.07) is 4.69. The van der Waals surface area contributed by atoms with Gasteiger partial charge in [-0.25, -0.2) is 8.78 Å². The molecule has 0 saturated heterocycles. The highest BCUT2D eigenvalue weighted by atomic mass is 19.3. The molecular formula is C11H14F2N2O2. The maximum atomic E-state index is 12.7. The van der Waals surface area contributed by atoms with Crippen LogP contribution in [0.25, 0.3) is 0 Å². The number of hydrogen-bond acceptors (Lipinski definition) is 3. The average molecular weight is 244 g/mol. The number of alkyl halides is 2. The second kappa shape index (κ2) is 5.09. The molecule has 0 bridgehead atoms. The Morgan fingerprint density at radius 1 is 1.53 bits per heavy atom. The van der Waals surface area contributed by atoms with E-state index in [9.17, 15) is 13.6 Å². The Hall–Kier alpha value is -1.69. The van der Waals surface area contributed by atoms with Crippen LogP contribution >= 0.6 is 0 Å². The third-order valence-corrected chi connectivity index (χ3v) is 2.36. The quantitative estimate of drug-likeness (QED) is 0.690. The van der Waals surface area contributed by atoms with Crippen LogP contribution in [0.5, 0.6) is 0 Å². The van der Waals surface area contributed by atoms with E-state index in [2.05, 4.69) is 5.32 Å². The van der Waals surface area contributed by atoms with Crippen molar-refractivity contribution in [3.63, 3.8) is 0 Å². The number of benzene rings is 1. The molecule has 4 N–H and O–H groups in total. The fourth-order valence-electron chi connectivity index (χ4n) is 1.26. The molecule has 0 aromatic heterocycles. The van der Waals surface area contributed by atoms with E-state index in [0.717, 1.165) is 0 Å². The number of amides is 1. The molecule has 1 aromatic rings. The minimum atomic E-state index is -3.32. The molecule has 0 aliphatic rings. The standard InChI is InChI=1S/C11H14F2N2O2/c1-7-8(3-2-4-9(7)14)10(17)15-5-11(12,13)6-16/h2-4,16H,5-6,14H2,1H3,(H,15,17). The Kier molecular flexibility index (Phi) is 4.01. The largest absolute Gasteiger partial charge is 0.398 e. The van der Waals surface area contributed by atoms with Crippen LogP contribution in [0.3, 0.4) is 0 Å². The lowest BCUT2D eigenvalue weighted by atomic mass is 10.1. The summed E-state index contributed by atoms with van der Waals surface area (Å²) in [6.07, 6.45) is 0. The number of nitrogens with one attached hydrogen (secondary N) is 1. The highest BCUT2D eigenvalue weighted by molar-refractivity contribution is 5.96. The molecule has 0 spiro atoms. The SMILES string of the molecule is Cc1c(N)cccc1C(=O)NCC(F)(F)CO. The van der Waals surface area contributed by atoms with Crippen LogP contribution < -0.4 is 11.1 Å². The van der Waals surface area contributed by atoms with Crippen molar-refractivity contribution in [2.24, 2.45) is 0 Å². The van der Waals surface area contributed by atoms with Crippen LogP contribution in [-0.4, -0.2) is 30.1 Å². The molecule has 17 heavy (non-hydrogen) atoms. The van der Waals surface area contributed by atoms with Crippen LogP contribution in [0.4, 0.5) is 14.5 Å². The van der Waals surface area contributed by atoms with Gasteiger partial charge in [0.15, 0.2) is 0 Å². The smallest absolute Gasteiger partial charge is 0.287 e. The zero-order valence-electron chi connectivity index (χ0n) is 9.34. The van der Waals surface area contributed by atoms with Gasteiger partial charge < -0.3 is 16.2 Å². The molecule has 6 heteroatoms. The van der Waals surface area contributed by atoms with E-state index in [0.29, 0.717) is 11.3 Å². The molecule has 1 aromatic carbocycles. The molecule has 1 amide bonds. The topological polar surface area (TPSA) is 75.4 Å². The normalized spacial score (nSPS) is 11.3. The summed E-state index contributed by atoms with van der Waals surface area (Å²) in [4.78, 5) is 11.6. The summed E-state index contributed by atoms with van der Waals surface area (Å²) in [5.41, 5.74) is 6.81. The number of nitrogen functional groups attached to an aromatic ring is 1. The molecule has 0 saturated carbocycles. The van der Waals surface area contributed by atoms with Crippen molar-refractivity contribution < 1.29 is 18.7 Å². The van der Waals surface area contributed by atoms with Gasteiger partial charge in [-0.3, -0.25) is 4.79 Å². The molecule has 0 unspecified atom stereocenters. The van der Waals surface area contributed by atoms with E-state index in [1.165, 1.54) is 6.07 Å². The Morgan fingerprint density at radius 3 is 2.76 bits per heavy atom. The number of halogens is 2. The molecular weight excluding hydrogens is 230 g/mol. The maximum absolute atomic E-state index is 12.7. The van der Waals surface area contributed by atoms with Gasteiger partial charge in [0.25, 0.3) is 11.8 Å². The van der Waals surface area contributed by atoms with E-state index in [1.807, 2.05) is 0 Å². The van der Waals surface area contributed by atoms with Crippen molar-refractivity contribution in [2.75, 3.05) is 18.9 Å². The molecule has 0 radical (unpaired) electrons. The van der Waals surface area contributed by atoms with Gasteiger partial charge in [-0.05, 0) is 24.6 Å². The lowest BCUT2D eigenvalue weighted by Gasteiger charge is -2.15. The number of anilines is 1. The van der Waals surface area contributed by atoms with Crippen molar-refractivity contribution >= 4 is 11.6 Å². The van der Waals surface area contributed by atoms with Gasteiger partial charge in [0.2, 0.25) is 0 Å². The lowest BCUT2D eigenvalue weighted by molar-refractivity contribution is -0.0462. The van der Waals surface area contributed by atoms with Crippen molar-refractivity contribution in [3.05, 3.63) is 29.3 Å². The zero-order valence-corrected chi connectivity index (χ0v) is 9.34. The number of aliphatic hydroxyl groups excluding tert-OH is 1. The van der Waals surface area contributed by atoms with Crippen LogP contribution in [0.1, 0.15) is 15.9 Å². The van der Waals surface area contributed by atoms with Crippen LogP contribution in [-0.2, 0) is 0 Å².